The fourth-order valence-corrected chi connectivity index (χ4v) is 3.82. The molecule has 0 aliphatic carbocycles. The number of amides is 1. The second-order valence-corrected chi connectivity index (χ2v) is 6.81. The molecule has 0 bridgehead atoms. The lowest BCUT2D eigenvalue weighted by molar-refractivity contribution is -0.115. The molecule has 6 heteroatoms. The summed E-state index contributed by atoms with van der Waals surface area (Å²) in [5.41, 5.74) is 1.96. The van der Waals surface area contributed by atoms with Crippen LogP contribution in [0.1, 0.15) is 23.1 Å². The maximum absolute atomic E-state index is 12.2. The summed E-state index contributed by atoms with van der Waals surface area (Å²) in [5.74, 6) is -0.0773. The maximum atomic E-state index is 12.2. The summed E-state index contributed by atoms with van der Waals surface area (Å²) >= 11 is 7.67. The number of benzene rings is 1. The summed E-state index contributed by atoms with van der Waals surface area (Å²) in [4.78, 5) is 20.4. The smallest absolute Gasteiger partial charge is 0.230 e. The van der Waals surface area contributed by atoms with Crippen LogP contribution in [-0.2, 0) is 24.2 Å². The summed E-state index contributed by atoms with van der Waals surface area (Å²) in [6, 6.07) is 7.41. The highest BCUT2D eigenvalue weighted by Gasteiger charge is 2.20. The van der Waals surface area contributed by atoms with Crippen LogP contribution in [0.5, 0.6) is 0 Å². The van der Waals surface area contributed by atoms with E-state index in [0.717, 1.165) is 37.3 Å². The van der Waals surface area contributed by atoms with Crippen molar-refractivity contribution >= 4 is 34.0 Å². The summed E-state index contributed by atoms with van der Waals surface area (Å²) in [6.45, 7) is 5.19. The molecule has 3 rings (SSSR count). The van der Waals surface area contributed by atoms with Gasteiger partial charge in [-0.25, -0.2) is 4.98 Å². The number of nitrogens with zero attached hydrogens (tertiary/aromatic N) is 2. The molecule has 2 aromatic rings. The fraction of sp³-hybridized carbons (Fsp3) is 0.375. The number of likely N-dealkylation sites (N-methyl/N-ethyl adjacent to an activating group) is 1. The molecule has 0 fully saturated rings. The van der Waals surface area contributed by atoms with E-state index in [0.29, 0.717) is 10.2 Å². The zero-order chi connectivity index (χ0) is 15.5. The van der Waals surface area contributed by atoms with Gasteiger partial charge in [-0.3, -0.25) is 9.69 Å². The number of hydrogen-bond donors (Lipinski definition) is 1. The Morgan fingerprint density at radius 3 is 3.05 bits per heavy atom. The van der Waals surface area contributed by atoms with Crippen LogP contribution in [-0.4, -0.2) is 28.9 Å². The van der Waals surface area contributed by atoms with E-state index in [9.17, 15) is 4.79 Å². The van der Waals surface area contributed by atoms with E-state index < -0.39 is 0 Å². The molecule has 0 radical (unpaired) electrons. The fourth-order valence-electron chi connectivity index (χ4n) is 2.55. The van der Waals surface area contributed by atoms with E-state index in [1.54, 1.807) is 17.4 Å². The average molecular weight is 336 g/mol. The van der Waals surface area contributed by atoms with Crippen LogP contribution in [0.25, 0.3) is 0 Å². The summed E-state index contributed by atoms with van der Waals surface area (Å²) < 4.78 is 0. The minimum absolute atomic E-state index is 0.0773. The minimum Gasteiger partial charge on any atom is -0.302 e. The molecule has 22 heavy (non-hydrogen) atoms. The highest BCUT2D eigenvalue weighted by atomic mass is 35.5. The predicted molar refractivity (Wildman–Crippen MR) is 90.6 cm³/mol. The van der Waals surface area contributed by atoms with Gasteiger partial charge >= 0.3 is 0 Å². The number of anilines is 1. The maximum Gasteiger partial charge on any atom is 0.230 e. The van der Waals surface area contributed by atoms with Crippen molar-refractivity contribution in [3.05, 3.63) is 45.4 Å². The summed E-state index contributed by atoms with van der Waals surface area (Å²) in [7, 11) is 0. The number of hydrogen-bond acceptors (Lipinski definition) is 4. The predicted octanol–water partition coefficient (Wildman–Crippen LogP) is 3.36. The SMILES string of the molecule is CCN1CCc2nc(NC(=O)Cc3ccccc3Cl)sc2C1. The average Bonchev–Trinajstić information content (AvgIpc) is 2.90. The lowest BCUT2D eigenvalue weighted by Gasteiger charge is -2.23. The van der Waals surface area contributed by atoms with Crippen molar-refractivity contribution in [2.45, 2.75) is 26.3 Å². The van der Waals surface area contributed by atoms with E-state index in [1.165, 1.54) is 4.88 Å². The van der Waals surface area contributed by atoms with Crippen LogP contribution in [0.3, 0.4) is 0 Å². The van der Waals surface area contributed by atoms with Gasteiger partial charge in [-0.1, -0.05) is 36.7 Å². The van der Waals surface area contributed by atoms with Gasteiger partial charge < -0.3 is 5.32 Å². The lowest BCUT2D eigenvalue weighted by atomic mass is 10.1. The zero-order valence-electron chi connectivity index (χ0n) is 12.4. The number of nitrogens with one attached hydrogen (secondary N) is 1. The molecule has 0 unspecified atom stereocenters. The highest BCUT2D eigenvalue weighted by molar-refractivity contribution is 7.15. The van der Waals surface area contributed by atoms with Gasteiger partial charge in [-0.2, -0.15) is 0 Å². The molecule has 0 saturated carbocycles. The molecule has 4 nitrogen and oxygen atoms in total. The first-order valence-corrected chi connectivity index (χ1v) is 8.59. The van der Waals surface area contributed by atoms with Crippen molar-refractivity contribution in [2.75, 3.05) is 18.4 Å². The van der Waals surface area contributed by atoms with Crippen LogP contribution in [0.15, 0.2) is 24.3 Å². The summed E-state index contributed by atoms with van der Waals surface area (Å²) in [5, 5.41) is 4.21. The molecular weight excluding hydrogens is 318 g/mol. The van der Waals surface area contributed by atoms with Crippen molar-refractivity contribution < 1.29 is 4.79 Å². The molecule has 1 aliphatic heterocycles. The Labute approximate surface area is 139 Å². The van der Waals surface area contributed by atoms with Gasteiger partial charge in [0, 0.05) is 29.4 Å². The Bertz CT molecular complexity index is 686. The van der Waals surface area contributed by atoms with Gasteiger partial charge in [0.1, 0.15) is 0 Å². The van der Waals surface area contributed by atoms with Crippen LogP contribution < -0.4 is 5.32 Å². The van der Waals surface area contributed by atoms with E-state index >= 15 is 0 Å². The second kappa shape index (κ2) is 6.77. The topological polar surface area (TPSA) is 45.2 Å². The first kappa shape index (κ1) is 15.5. The molecular formula is C16H18ClN3OS. The molecule has 2 heterocycles. The number of thiazole rings is 1. The Balaban J connectivity index is 1.65. The normalized spacial score (nSPS) is 14.6. The quantitative estimate of drug-likeness (QED) is 0.932. The number of aromatic nitrogens is 1. The van der Waals surface area contributed by atoms with Gasteiger partial charge in [0.25, 0.3) is 0 Å². The van der Waals surface area contributed by atoms with Crippen molar-refractivity contribution in [2.24, 2.45) is 0 Å². The zero-order valence-corrected chi connectivity index (χ0v) is 14.0. The monoisotopic (exact) mass is 335 g/mol. The number of rotatable bonds is 4. The third-order valence-electron chi connectivity index (χ3n) is 3.81. The second-order valence-electron chi connectivity index (χ2n) is 5.32. The first-order valence-electron chi connectivity index (χ1n) is 7.40. The molecule has 1 amide bonds. The van der Waals surface area contributed by atoms with E-state index in [-0.39, 0.29) is 12.3 Å². The molecule has 1 aromatic carbocycles. The van der Waals surface area contributed by atoms with Gasteiger partial charge in [0.05, 0.1) is 12.1 Å². The minimum atomic E-state index is -0.0773. The Morgan fingerprint density at radius 2 is 2.27 bits per heavy atom. The van der Waals surface area contributed by atoms with Crippen LogP contribution in [0.2, 0.25) is 5.02 Å². The van der Waals surface area contributed by atoms with Crippen molar-refractivity contribution in [3.63, 3.8) is 0 Å². The van der Waals surface area contributed by atoms with Crippen molar-refractivity contribution in [1.29, 1.82) is 0 Å². The van der Waals surface area contributed by atoms with Gasteiger partial charge in [0.15, 0.2) is 5.13 Å². The first-order chi connectivity index (χ1) is 10.7. The Kier molecular flexibility index (Phi) is 4.76. The Morgan fingerprint density at radius 1 is 1.45 bits per heavy atom. The molecule has 0 saturated heterocycles. The van der Waals surface area contributed by atoms with E-state index in [1.807, 2.05) is 18.2 Å². The van der Waals surface area contributed by atoms with Gasteiger partial charge in [-0.15, -0.1) is 11.3 Å². The number of carbonyl (C=O) groups excluding carboxylic acids is 1. The van der Waals surface area contributed by atoms with E-state index in [2.05, 4.69) is 22.1 Å². The highest BCUT2D eigenvalue weighted by Crippen LogP contribution is 2.28. The van der Waals surface area contributed by atoms with Crippen molar-refractivity contribution in [1.82, 2.24) is 9.88 Å². The van der Waals surface area contributed by atoms with Gasteiger partial charge in [0.2, 0.25) is 5.91 Å². The van der Waals surface area contributed by atoms with Gasteiger partial charge in [-0.05, 0) is 18.2 Å². The number of fused-ring (bicyclic) bond motifs is 1. The van der Waals surface area contributed by atoms with E-state index in [4.69, 9.17) is 11.6 Å². The molecule has 0 spiro atoms. The molecule has 1 aliphatic rings. The molecule has 1 aromatic heterocycles. The molecule has 0 atom stereocenters. The number of halogens is 1. The number of carbonyl (C=O) groups is 1. The van der Waals surface area contributed by atoms with Crippen molar-refractivity contribution in [3.8, 4) is 0 Å². The molecule has 116 valence electrons. The molecule has 1 N–H and O–H groups in total. The van der Waals surface area contributed by atoms with Crippen LogP contribution in [0, 0.1) is 0 Å². The lowest BCUT2D eigenvalue weighted by Crippen LogP contribution is -2.29. The van der Waals surface area contributed by atoms with Crippen LogP contribution >= 0.6 is 22.9 Å². The largest absolute Gasteiger partial charge is 0.302 e. The Hall–Kier alpha value is -1.43. The third kappa shape index (κ3) is 3.48. The van der Waals surface area contributed by atoms with Crippen LogP contribution in [0.4, 0.5) is 5.13 Å². The third-order valence-corrected chi connectivity index (χ3v) is 5.18. The standard InChI is InChI=1S/C16H18ClN3OS/c1-2-20-8-7-13-14(10-20)22-16(18-13)19-15(21)9-11-5-3-4-6-12(11)17/h3-6H,2,7-10H2,1H3,(H,18,19,21). The summed E-state index contributed by atoms with van der Waals surface area (Å²) in [6.07, 6.45) is 1.23.